The zero-order chi connectivity index (χ0) is 27.1. The topological polar surface area (TPSA) is 65.8 Å². The molecular formula is C31H27N3O4S2. The first-order chi connectivity index (χ1) is 19.7. The van der Waals surface area contributed by atoms with Crippen molar-refractivity contribution in [2.24, 2.45) is 0 Å². The molecule has 4 heterocycles. The highest BCUT2D eigenvalue weighted by atomic mass is 32.2. The van der Waals surface area contributed by atoms with Gasteiger partial charge in [0.15, 0.2) is 16.7 Å². The minimum Gasteiger partial charge on any atom is -0.497 e. The number of benzene rings is 3. The molecule has 0 amide bonds. The maximum Gasteiger partial charge on any atom is 0.267 e. The molecule has 0 radical (unpaired) electrons. The van der Waals surface area contributed by atoms with E-state index in [9.17, 15) is 4.79 Å². The van der Waals surface area contributed by atoms with Gasteiger partial charge in [-0.2, -0.15) is 0 Å². The molecule has 0 saturated heterocycles. The summed E-state index contributed by atoms with van der Waals surface area (Å²) < 4.78 is 18.1. The summed E-state index contributed by atoms with van der Waals surface area (Å²) in [5, 5.41) is 1.42. The molecule has 0 saturated carbocycles. The number of fused-ring (bicyclic) bond motifs is 4. The van der Waals surface area contributed by atoms with Crippen LogP contribution >= 0.6 is 23.1 Å². The van der Waals surface area contributed by atoms with E-state index in [-0.39, 0.29) is 12.4 Å². The predicted octanol–water partition coefficient (Wildman–Crippen LogP) is 6.04. The molecule has 7 nitrogen and oxygen atoms in total. The van der Waals surface area contributed by atoms with Gasteiger partial charge in [-0.15, -0.1) is 11.3 Å². The molecule has 5 aromatic rings. The molecule has 3 aromatic carbocycles. The van der Waals surface area contributed by atoms with Crippen molar-refractivity contribution >= 4 is 33.3 Å². The van der Waals surface area contributed by atoms with Crippen LogP contribution in [0.3, 0.4) is 0 Å². The van der Waals surface area contributed by atoms with Crippen molar-refractivity contribution in [2.45, 2.75) is 30.4 Å². The van der Waals surface area contributed by atoms with Crippen LogP contribution in [-0.2, 0) is 25.3 Å². The van der Waals surface area contributed by atoms with Gasteiger partial charge < -0.3 is 14.2 Å². The number of hydrogen-bond donors (Lipinski definition) is 0. The van der Waals surface area contributed by atoms with E-state index in [4.69, 9.17) is 19.2 Å². The first-order valence-electron chi connectivity index (χ1n) is 13.2. The van der Waals surface area contributed by atoms with Crippen molar-refractivity contribution < 1.29 is 14.2 Å². The molecule has 2 aliphatic rings. The molecule has 0 unspecified atom stereocenters. The Labute approximate surface area is 240 Å². The third-order valence-electron chi connectivity index (χ3n) is 7.31. The van der Waals surface area contributed by atoms with E-state index >= 15 is 0 Å². The highest BCUT2D eigenvalue weighted by Crippen LogP contribution is 2.37. The second-order valence-electron chi connectivity index (χ2n) is 9.84. The zero-order valence-electron chi connectivity index (χ0n) is 22.0. The zero-order valence-corrected chi connectivity index (χ0v) is 23.6. The molecule has 0 bridgehead atoms. The van der Waals surface area contributed by atoms with Crippen LogP contribution in [0.25, 0.3) is 15.9 Å². The van der Waals surface area contributed by atoms with Crippen LogP contribution in [0.15, 0.2) is 82.7 Å². The molecular weight excluding hydrogens is 542 g/mol. The van der Waals surface area contributed by atoms with Crippen molar-refractivity contribution in [3.63, 3.8) is 0 Å². The molecule has 9 heteroatoms. The Morgan fingerprint density at radius 3 is 2.65 bits per heavy atom. The molecule has 7 rings (SSSR count). The van der Waals surface area contributed by atoms with Gasteiger partial charge in [-0.1, -0.05) is 48.2 Å². The summed E-state index contributed by atoms with van der Waals surface area (Å²) in [7, 11) is 1.64. The number of methoxy groups -OCH3 is 1. The van der Waals surface area contributed by atoms with Gasteiger partial charge in [0.05, 0.1) is 18.2 Å². The largest absolute Gasteiger partial charge is 0.497 e. The highest BCUT2D eigenvalue weighted by molar-refractivity contribution is 7.98. The smallest absolute Gasteiger partial charge is 0.267 e. The molecule has 202 valence electrons. The van der Waals surface area contributed by atoms with Gasteiger partial charge >= 0.3 is 0 Å². The van der Waals surface area contributed by atoms with E-state index in [0.717, 1.165) is 70.3 Å². The maximum atomic E-state index is 14.2. The fourth-order valence-corrected chi connectivity index (χ4v) is 7.55. The van der Waals surface area contributed by atoms with Crippen molar-refractivity contribution in [2.75, 3.05) is 20.4 Å². The Kier molecular flexibility index (Phi) is 6.71. The Bertz CT molecular complexity index is 1750. The van der Waals surface area contributed by atoms with Crippen LogP contribution in [0.2, 0.25) is 0 Å². The van der Waals surface area contributed by atoms with E-state index in [1.165, 1.54) is 10.4 Å². The van der Waals surface area contributed by atoms with Gasteiger partial charge in [0.25, 0.3) is 5.56 Å². The van der Waals surface area contributed by atoms with Gasteiger partial charge in [0, 0.05) is 30.3 Å². The van der Waals surface area contributed by atoms with Crippen molar-refractivity contribution in [1.82, 2.24) is 14.5 Å². The lowest BCUT2D eigenvalue weighted by molar-refractivity contribution is 0.174. The number of ether oxygens (including phenoxy) is 3. The summed E-state index contributed by atoms with van der Waals surface area (Å²) in [5.74, 6) is 2.89. The average molecular weight is 570 g/mol. The Hall–Kier alpha value is -3.79. The van der Waals surface area contributed by atoms with Crippen molar-refractivity contribution in [3.8, 4) is 22.9 Å². The van der Waals surface area contributed by atoms with Crippen LogP contribution in [0.4, 0.5) is 0 Å². The minimum absolute atomic E-state index is 0.0163. The fraction of sp³-hybridized carbons (Fsp3) is 0.226. The monoisotopic (exact) mass is 569 g/mol. The second-order valence-corrected chi connectivity index (χ2v) is 11.9. The number of aromatic nitrogens is 2. The Balaban J connectivity index is 1.26. The molecule has 0 spiro atoms. The molecule has 0 atom stereocenters. The third-order valence-corrected chi connectivity index (χ3v) is 9.43. The van der Waals surface area contributed by atoms with Gasteiger partial charge in [0.1, 0.15) is 10.6 Å². The lowest BCUT2D eigenvalue weighted by atomic mass is 10.0. The lowest BCUT2D eigenvalue weighted by Crippen LogP contribution is -2.30. The van der Waals surface area contributed by atoms with Gasteiger partial charge in [-0.3, -0.25) is 14.3 Å². The molecule has 2 aliphatic heterocycles. The highest BCUT2D eigenvalue weighted by Gasteiger charge is 2.26. The minimum atomic E-state index is -0.0163. The van der Waals surface area contributed by atoms with Gasteiger partial charge in [0.2, 0.25) is 6.79 Å². The van der Waals surface area contributed by atoms with Gasteiger partial charge in [-0.25, -0.2) is 4.98 Å². The Morgan fingerprint density at radius 1 is 1.00 bits per heavy atom. The number of hydrogen-bond acceptors (Lipinski definition) is 8. The summed E-state index contributed by atoms with van der Waals surface area (Å²) in [6.45, 7) is 2.88. The molecule has 0 fully saturated rings. The van der Waals surface area contributed by atoms with Crippen LogP contribution in [0.5, 0.6) is 17.2 Å². The van der Waals surface area contributed by atoms with E-state index in [1.807, 2.05) is 48.5 Å². The van der Waals surface area contributed by atoms with Crippen LogP contribution in [0.1, 0.15) is 21.6 Å². The second kappa shape index (κ2) is 10.6. The Morgan fingerprint density at radius 2 is 1.82 bits per heavy atom. The quantitative estimate of drug-likeness (QED) is 0.175. The summed E-state index contributed by atoms with van der Waals surface area (Å²) >= 11 is 3.20. The fourth-order valence-electron chi connectivity index (χ4n) is 5.29. The summed E-state index contributed by atoms with van der Waals surface area (Å²) in [5.41, 5.74) is 4.28. The first kappa shape index (κ1) is 25.2. The van der Waals surface area contributed by atoms with E-state index in [2.05, 4.69) is 29.2 Å². The summed E-state index contributed by atoms with van der Waals surface area (Å²) in [6, 6.07) is 24.1. The third kappa shape index (κ3) is 4.74. The average Bonchev–Trinajstić information content (AvgIpc) is 3.60. The predicted molar refractivity (Wildman–Crippen MR) is 158 cm³/mol. The van der Waals surface area contributed by atoms with E-state index in [1.54, 1.807) is 34.8 Å². The summed E-state index contributed by atoms with van der Waals surface area (Å²) in [6.07, 6.45) is 0.839. The van der Waals surface area contributed by atoms with Crippen molar-refractivity contribution in [3.05, 3.63) is 105 Å². The number of rotatable bonds is 7. The normalized spacial score (nSPS) is 14.4. The standard InChI is InChI=1S/C31H27N3O4S2/c1-36-23-10-8-22(9-11-23)34-30(35)28-24-13-14-33(16-20-5-3-2-4-6-20)17-27(24)40-29(28)32-31(34)39-18-21-7-12-25-26(15-21)38-19-37-25/h2-12,15H,13-14,16-19H2,1H3. The molecule has 2 aromatic heterocycles. The van der Waals surface area contributed by atoms with Gasteiger partial charge in [-0.05, 0) is 59.5 Å². The first-order valence-corrected chi connectivity index (χ1v) is 15.0. The van der Waals surface area contributed by atoms with E-state index in [0.29, 0.717) is 10.9 Å². The molecule has 0 N–H and O–H groups in total. The number of thiophene rings is 1. The van der Waals surface area contributed by atoms with Crippen LogP contribution in [0, 0.1) is 0 Å². The van der Waals surface area contributed by atoms with Crippen molar-refractivity contribution in [1.29, 1.82) is 0 Å². The van der Waals surface area contributed by atoms with Crippen LogP contribution in [-0.4, -0.2) is 34.9 Å². The maximum absolute atomic E-state index is 14.2. The van der Waals surface area contributed by atoms with Crippen LogP contribution < -0.4 is 19.8 Å². The SMILES string of the molecule is COc1ccc(-n2c(SCc3ccc4c(c3)OCO4)nc3sc4c(c3c2=O)CCN(Cc2ccccc2)C4)cc1. The van der Waals surface area contributed by atoms with E-state index < -0.39 is 0 Å². The molecule has 0 aliphatic carbocycles. The molecule has 40 heavy (non-hydrogen) atoms. The number of nitrogens with zero attached hydrogens (tertiary/aromatic N) is 3. The summed E-state index contributed by atoms with van der Waals surface area (Å²) in [4.78, 5) is 23.8. The number of thioether (sulfide) groups is 1. The lowest BCUT2D eigenvalue weighted by Gasteiger charge is -2.26.